The predicted octanol–water partition coefficient (Wildman–Crippen LogP) is 1.30. The molecule has 0 saturated carbocycles. The number of pyridine rings is 1. The molecule has 0 aromatic carbocycles. The van der Waals surface area contributed by atoms with Gasteiger partial charge in [0, 0.05) is 6.20 Å². The van der Waals surface area contributed by atoms with Gasteiger partial charge in [-0.1, -0.05) is 0 Å². The van der Waals surface area contributed by atoms with Crippen LogP contribution in [0.3, 0.4) is 0 Å². The summed E-state index contributed by atoms with van der Waals surface area (Å²) < 4.78 is 0. The number of hydrogen-bond acceptors (Lipinski definition) is 4. The molecular formula is C12H17N3O. The number of carbonyl (C=O) groups excluding carboxylic acids is 1. The Morgan fingerprint density at radius 1 is 1.62 bits per heavy atom. The number of rotatable bonds is 2. The Hall–Kier alpha value is -1.42. The van der Waals surface area contributed by atoms with Gasteiger partial charge in [-0.15, -0.1) is 0 Å². The molecule has 1 aromatic heterocycles. The average molecular weight is 219 g/mol. The van der Waals surface area contributed by atoms with Gasteiger partial charge in [0.25, 0.3) is 0 Å². The summed E-state index contributed by atoms with van der Waals surface area (Å²) in [5, 5.41) is 3.25. The van der Waals surface area contributed by atoms with Gasteiger partial charge < -0.3 is 11.1 Å². The number of hydrogen-bond donors (Lipinski definition) is 2. The molecule has 1 aliphatic rings. The van der Waals surface area contributed by atoms with Crippen molar-refractivity contribution in [1.29, 1.82) is 0 Å². The highest BCUT2D eigenvalue weighted by molar-refractivity contribution is 6.06. The quantitative estimate of drug-likeness (QED) is 0.736. The summed E-state index contributed by atoms with van der Waals surface area (Å²) >= 11 is 0. The Morgan fingerprint density at radius 3 is 3.00 bits per heavy atom. The lowest BCUT2D eigenvalue weighted by Crippen LogP contribution is -2.44. The van der Waals surface area contributed by atoms with Gasteiger partial charge in [-0.25, -0.2) is 4.98 Å². The number of carbonyl (C=O) groups is 1. The van der Waals surface area contributed by atoms with E-state index in [1.165, 1.54) is 0 Å². The lowest BCUT2D eigenvalue weighted by molar-refractivity contribution is 0.0885. The van der Waals surface area contributed by atoms with E-state index in [4.69, 9.17) is 5.73 Å². The zero-order valence-corrected chi connectivity index (χ0v) is 9.71. The molecule has 16 heavy (non-hydrogen) atoms. The largest absolute Gasteiger partial charge is 0.383 e. The van der Waals surface area contributed by atoms with Crippen LogP contribution in [0.15, 0.2) is 12.3 Å². The topological polar surface area (TPSA) is 68.0 Å². The van der Waals surface area contributed by atoms with Gasteiger partial charge in [-0.3, -0.25) is 4.79 Å². The van der Waals surface area contributed by atoms with Gasteiger partial charge in [0.1, 0.15) is 5.82 Å². The standard InChI is InChI=1S/C12H17N3O/c1-8-6-9(11(13)14-7-8)10(16)12(2)4-3-5-15-12/h6-7,15H,3-5H2,1-2H3,(H2,13,14). The highest BCUT2D eigenvalue weighted by atomic mass is 16.1. The van der Waals surface area contributed by atoms with Crippen LogP contribution in [0.5, 0.6) is 0 Å². The van der Waals surface area contributed by atoms with Crippen molar-refractivity contribution in [2.24, 2.45) is 0 Å². The first-order chi connectivity index (χ1) is 7.53. The van der Waals surface area contributed by atoms with Crippen LogP contribution in [-0.2, 0) is 0 Å². The monoisotopic (exact) mass is 219 g/mol. The van der Waals surface area contributed by atoms with E-state index in [2.05, 4.69) is 10.3 Å². The molecule has 4 nitrogen and oxygen atoms in total. The maximum Gasteiger partial charge on any atom is 0.186 e. The fourth-order valence-corrected chi connectivity index (χ4v) is 2.15. The molecule has 0 bridgehead atoms. The van der Waals surface area contributed by atoms with E-state index in [1.807, 2.05) is 19.9 Å². The number of nitrogens with zero attached hydrogens (tertiary/aromatic N) is 1. The van der Waals surface area contributed by atoms with Crippen LogP contribution in [0, 0.1) is 6.92 Å². The van der Waals surface area contributed by atoms with Gasteiger partial charge >= 0.3 is 0 Å². The molecule has 2 heterocycles. The first-order valence-corrected chi connectivity index (χ1v) is 5.55. The van der Waals surface area contributed by atoms with Crippen molar-refractivity contribution in [2.75, 3.05) is 12.3 Å². The summed E-state index contributed by atoms with van der Waals surface area (Å²) in [6, 6.07) is 1.82. The van der Waals surface area contributed by atoms with Crippen molar-refractivity contribution in [3.8, 4) is 0 Å². The van der Waals surface area contributed by atoms with Gasteiger partial charge in [-0.05, 0) is 44.9 Å². The Balaban J connectivity index is 2.36. The summed E-state index contributed by atoms with van der Waals surface area (Å²) in [5.74, 6) is 0.379. The summed E-state index contributed by atoms with van der Waals surface area (Å²) in [5.41, 5.74) is 6.78. The van der Waals surface area contributed by atoms with Crippen molar-refractivity contribution in [1.82, 2.24) is 10.3 Å². The first-order valence-electron chi connectivity index (χ1n) is 5.55. The number of aryl methyl sites for hydroxylation is 1. The number of ketones is 1. The maximum atomic E-state index is 12.4. The molecule has 1 saturated heterocycles. The summed E-state index contributed by atoms with van der Waals surface area (Å²) in [6.45, 7) is 4.74. The van der Waals surface area contributed by atoms with Crippen molar-refractivity contribution < 1.29 is 4.79 Å². The number of aromatic nitrogens is 1. The Kier molecular flexibility index (Phi) is 2.68. The predicted molar refractivity (Wildman–Crippen MR) is 63.4 cm³/mol. The van der Waals surface area contributed by atoms with Crippen LogP contribution < -0.4 is 11.1 Å². The van der Waals surface area contributed by atoms with Crippen LogP contribution in [0.2, 0.25) is 0 Å². The first kappa shape index (κ1) is 11.1. The van der Waals surface area contributed by atoms with Crippen molar-refractivity contribution in [2.45, 2.75) is 32.2 Å². The molecule has 2 rings (SSSR count). The van der Waals surface area contributed by atoms with E-state index in [0.29, 0.717) is 11.4 Å². The van der Waals surface area contributed by atoms with E-state index in [9.17, 15) is 4.79 Å². The van der Waals surface area contributed by atoms with E-state index >= 15 is 0 Å². The fourth-order valence-electron chi connectivity index (χ4n) is 2.15. The Bertz CT molecular complexity index is 422. The van der Waals surface area contributed by atoms with Crippen LogP contribution in [0.4, 0.5) is 5.82 Å². The van der Waals surface area contributed by atoms with Crippen LogP contribution in [-0.4, -0.2) is 22.9 Å². The number of nitrogen functional groups attached to an aromatic ring is 1. The highest BCUT2D eigenvalue weighted by Gasteiger charge is 2.37. The molecule has 1 unspecified atom stereocenters. The molecule has 1 fully saturated rings. The minimum atomic E-state index is -0.469. The second-order valence-electron chi connectivity index (χ2n) is 4.64. The lowest BCUT2D eigenvalue weighted by atomic mass is 9.89. The van der Waals surface area contributed by atoms with Gasteiger partial charge in [0.05, 0.1) is 11.1 Å². The molecule has 0 aliphatic carbocycles. The second-order valence-corrected chi connectivity index (χ2v) is 4.64. The maximum absolute atomic E-state index is 12.4. The molecule has 4 heteroatoms. The number of nitrogens with one attached hydrogen (secondary N) is 1. The number of Topliss-reactive ketones (excluding diaryl/α,β-unsaturated/α-hetero) is 1. The highest BCUT2D eigenvalue weighted by Crippen LogP contribution is 2.25. The Labute approximate surface area is 95.3 Å². The minimum absolute atomic E-state index is 0.0544. The van der Waals surface area contributed by atoms with Crippen molar-refractivity contribution in [3.05, 3.63) is 23.4 Å². The third-order valence-electron chi connectivity index (χ3n) is 3.17. The van der Waals surface area contributed by atoms with E-state index in [0.717, 1.165) is 24.9 Å². The zero-order chi connectivity index (χ0) is 11.8. The number of anilines is 1. The SMILES string of the molecule is Cc1cnc(N)c(C(=O)C2(C)CCCN2)c1. The van der Waals surface area contributed by atoms with E-state index < -0.39 is 5.54 Å². The van der Waals surface area contributed by atoms with Gasteiger partial charge in [-0.2, -0.15) is 0 Å². The van der Waals surface area contributed by atoms with Gasteiger partial charge in [0.2, 0.25) is 0 Å². The second kappa shape index (κ2) is 3.87. The molecule has 1 aliphatic heterocycles. The summed E-state index contributed by atoms with van der Waals surface area (Å²) in [4.78, 5) is 16.4. The van der Waals surface area contributed by atoms with E-state index in [-0.39, 0.29) is 5.78 Å². The molecule has 0 amide bonds. The smallest absolute Gasteiger partial charge is 0.186 e. The Morgan fingerprint density at radius 2 is 2.38 bits per heavy atom. The molecule has 1 atom stereocenters. The molecule has 0 spiro atoms. The normalized spacial score (nSPS) is 24.6. The van der Waals surface area contributed by atoms with Crippen LogP contribution >= 0.6 is 0 Å². The summed E-state index contributed by atoms with van der Waals surface area (Å²) in [6.07, 6.45) is 3.57. The molecular weight excluding hydrogens is 202 g/mol. The number of nitrogens with two attached hydrogens (primary N) is 1. The molecule has 3 N–H and O–H groups in total. The fraction of sp³-hybridized carbons (Fsp3) is 0.500. The van der Waals surface area contributed by atoms with Crippen LogP contribution in [0.1, 0.15) is 35.7 Å². The molecule has 0 radical (unpaired) electrons. The zero-order valence-electron chi connectivity index (χ0n) is 9.71. The molecule has 1 aromatic rings. The van der Waals surface area contributed by atoms with Crippen LogP contribution in [0.25, 0.3) is 0 Å². The third kappa shape index (κ3) is 1.80. The van der Waals surface area contributed by atoms with E-state index in [1.54, 1.807) is 6.20 Å². The lowest BCUT2D eigenvalue weighted by Gasteiger charge is -2.23. The minimum Gasteiger partial charge on any atom is -0.383 e. The van der Waals surface area contributed by atoms with Crippen molar-refractivity contribution >= 4 is 11.6 Å². The van der Waals surface area contributed by atoms with Gasteiger partial charge in [0.15, 0.2) is 5.78 Å². The van der Waals surface area contributed by atoms with Crippen molar-refractivity contribution in [3.63, 3.8) is 0 Å². The molecule has 86 valence electrons. The third-order valence-corrected chi connectivity index (χ3v) is 3.17. The average Bonchev–Trinajstić information content (AvgIpc) is 2.69. The summed E-state index contributed by atoms with van der Waals surface area (Å²) in [7, 11) is 0.